The fourth-order valence-electron chi connectivity index (χ4n) is 2.60. The van der Waals surface area contributed by atoms with Crippen molar-refractivity contribution in [1.29, 1.82) is 0 Å². The number of ether oxygens (including phenoxy) is 1. The summed E-state index contributed by atoms with van der Waals surface area (Å²) in [5, 5.41) is 1.18. The Bertz CT molecular complexity index is 337. The van der Waals surface area contributed by atoms with Crippen molar-refractivity contribution >= 4 is 48.8 Å². The highest BCUT2D eigenvalue weighted by Gasteiger charge is 2.43. The lowest BCUT2D eigenvalue weighted by Crippen LogP contribution is -2.43. The highest BCUT2D eigenvalue weighted by Crippen LogP contribution is 2.41. The first-order valence-corrected chi connectivity index (χ1v) is 10.0. The topological polar surface area (TPSA) is 26.3 Å². The number of hydrogen-bond acceptors (Lipinski definition) is 2. The molecule has 0 fully saturated rings. The van der Waals surface area contributed by atoms with Gasteiger partial charge in [0.05, 0.1) is 8.07 Å². The Morgan fingerprint density at radius 3 is 2.17 bits per heavy atom. The van der Waals surface area contributed by atoms with E-state index in [1.54, 1.807) is 6.08 Å². The van der Waals surface area contributed by atoms with Crippen molar-refractivity contribution in [2.75, 3.05) is 0 Å². The van der Waals surface area contributed by atoms with Gasteiger partial charge in [-0.3, -0.25) is 0 Å². The summed E-state index contributed by atoms with van der Waals surface area (Å²) in [6.07, 6.45) is 1.53. The van der Waals surface area contributed by atoms with E-state index in [0.29, 0.717) is 6.42 Å². The zero-order valence-electron chi connectivity index (χ0n) is 10.9. The first kappa shape index (κ1) is 16.4. The Morgan fingerprint density at radius 1 is 1.28 bits per heavy atom. The third-order valence-corrected chi connectivity index (χ3v) is 10.5. The molecular weight excluding hydrogens is 311 g/mol. The Morgan fingerprint density at radius 2 is 1.78 bits per heavy atom. The van der Waals surface area contributed by atoms with E-state index in [0.717, 1.165) is 18.1 Å². The molecule has 0 saturated carbocycles. The molecule has 1 rings (SSSR count). The van der Waals surface area contributed by atoms with Gasteiger partial charge in [0, 0.05) is 12.5 Å². The number of alkyl halides is 3. The zero-order chi connectivity index (χ0) is 14.0. The first-order chi connectivity index (χ1) is 8.29. The molecule has 0 aromatic heterocycles. The van der Waals surface area contributed by atoms with Gasteiger partial charge in [-0.25, -0.2) is 4.79 Å². The van der Waals surface area contributed by atoms with Crippen molar-refractivity contribution in [3.8, 4) is 0 Å². The van der Waals surface area contributed by atoms with E-state index in [1.807, 2.05) is 0 Å². The van der Waals surface area contributed by atoms with Gasteiger partial charge in [0.25, 0.3) is 0 Å². The van der Waals surface area contributed by atoms with E-state index >= 15 is 0 Å². The molecule has 1 aliphatic rings. The van der Waals surface area contributed by atoms with E-state index in [1.165, 1.54) is 5.20 Å². The number of rotatable bonds is 4. The molecule has 1 aliphatic heterocycles. The smallest absolute Gasteiger partial charge is 0.330 e. The molecule has 0 aromatic carbocycles. The van der Waals surface area contributed by atoms with Gasteiger partial charge in [-0.1, -0.05) is 78.9 Å². The van der Waals surface area contributed by atoms with Crippen LogP contribution < -0.4 is 0 Å². The molecule has 0 N–H and O–H groups in total. The van der Waals surface area contributed by atoms with Crippen LogP contribution >= 0.6 is 34.8 Å². The summed E-state index contributed by atoms with van der Waals surface area (Å²) >= 11 is 17.6. The molecule has 0 aromatic rings. The maximum absolute atomic E-state index is 11.7. The molecule has 0 aliphatic carbocycles. The number of halogens is 3. The van der Waals surface area contributed by atoms with Crippen molar-refractivity contribution in [3.63, 3.8) is 0 Å². The van der Waals surface area contributed by atoms with E-state index in [-0.39, 0.29) is 5.97 Å². The van der Waals surface area contributed by atoms with Crippen LogP contribution in [-0.2, 0) is 9.53 Å². The van der Waals surface area contributed by atoms with Crippen LogP contribution in [-0.4, -0.2) is 23.9 Å². The highest BCUT2D eigenvalue weighted by molar-refractivity contribution is 6.86. The molecule has 18 heavy (non-hydrogen) atoms. The molecule has 0 saturated heterocycles. The van der Waals surface area contributed by atoms with Gasteiger partial charge < -0.3 is 4.74 Å². The monoisotopic (exact) mass is 328 g/mol. The Balaban J connectivity index is 3.05. The summed E-state index contributed by atoms with van der Waals surface area (Å²) in [6, 6.07) is 3.31. The fraction of sp³-hybridized carbons (Fsp3) is 0.750. The Labute approximate surface area is 125 Å². The minimum absolute atomic E-state index is 0.375. The van der Waals surface area contributed by atoms with Gasteiger partial charge in [0.15, 0.2) is 6.10 Å². The second-order valence-corrected chi connectivity index (χ2v) is 12.4. The van der Waals surface area contributed by atoms with Gasteiger partial charge in [-0.05, 0) is 0 Å². The predicted octanol–water partition coefficient (Wildman–Crippen LogP) is 4.65. The summed E-state index contributed by atoms with van der Waals surface area (Å²) in [7, 11) is -1.59. The minimum atomic E-state index is -1.59. The number of cyclic esters (lactones) is 1. The molecule has 2 nitrogen and oxygen atoms in total. The standard InChI is InChI=1S/C12H19Cl3O2Si/c1-4-18(5-2,6-3)9-7-10(12(13,14)15)17-11(16)8-9/h8,10H,4-7H2,1-3H3/t10-/m0/s1. The quantitative estimate of drug-likeness (QED) is 0.426. The van der Waals surface area contributed by atoms with Gasteiger partial charge in [0.2, 0.25) is 3.79 Å². The molecule has 0 radical (unpaired) electrons. The second kappa shape index (κ2) is 6.17. The third-order valence-electron chi connectivity index (χ3n) is 4.03. The summed E-state index contributed by atoms with van der Waals surface area (Å²) in [4.78, 5) is 11.7. The summed E-state index contributed by atoms with van der Waals surface area (Å²) in [5.74, 6) is -0.375. The van der Waals surface area contributed by atoms with Crippen LogP contribution in [0.25, 0.3) is 0 Å². The fourth-order valence-corrected chi connectivity index (χ4v) is 6.87. The van der Waals surface area contributed by atoms with Crippen LogP contribution in [0.3, 0.4) is 0 Å². The van der Waals surface area contributed by atoms with Crippen LogP contribution in [0.2, 0.25) is 18.1 Å². The molecule has 0 amide bonds. The average molecular weight is 330 g/mol. The van der Waals surface area contributed by atoms with E-state index in [9.17, 15) is 4.79 Å². The lowest BCUT2D eigenvalue weighted by atomic mass is 10.2. The summed E-state index contributed by atoms with van der Waals surface area (Å²) in [5.41, 5.74) is 0. The van der Waals surface area contributed by atoms with Gasteiger partial charge >= 0.3 is 5.97 Å². The molecule has 6 heteroatoms. The molecular formula is C12H19Cl3O2Si. The van der Waals surface area contributed by atoms with Gasteiger partial charge in [0.1, 0.15) is 0 Å². The number of carbonyl (C=O) groups is 1. The normalized spacial score (nSPS) is 21.6. The number of esters is 1. The van der Waals surface area contributed by atoms with Crippen LogP contribution in [0, 0.1) is 0 Å². The maximum atomic E-state index is 11.7. The third kappa shape index (κ3) is 3.44. The average Bonchev–Trinajstić information content (AvgIpc) is 2.30. The van der Waals surface area contributed by atoms with Crippen molar-refractivity contribution in [2.45, 2.75) is 55.2 Å². The molecule has 104 valence electrons. The molecule has 0 spiro atoms. The van der Waals surface area contributed by atoms with Crippen molar-refractivity contribution in [1.82, 2.24) is 0 Å². The molecule has 0 bridgehead atoms. The van der Waals surface area contributed by atoms with Crippen LogP contribution in [0.1, 0.15) is 27.2 Å². The summed E-state index contributed by atoms with van der Waals surface area (Å²) in [6.45, 7) is 6.55. The van der Waals surface area contributed by atoms with E-state index in [4.69, 9.17) is 39.5 Å². The molecule has 0 unspecified atom stereocenters. The Hall–Kier alpha value is 0.297. The van der Waals surface area contributed by atoms with E-state index < -0.39 is 18.0 Å². The number of carbonyl (C=O) groups excluding carboxylic acids is 1. The van der Waals surface area contributed by atoms with Crippen molar-refractivity contribution in [2.24, 2.45) is 0 Å². The van der Waals surface area contributed by atoms with Crippen LogP contribution in [0.4, 0.5) is 0 Å². The second-order valence-electron chi connectivity index (χ2n) is 4.68. The molecule has 1 atom stereocenters. The van der Waals surface area contributed by atoms with Crippen LogP contribution in [0.15, 0.2) is 11.3 Å². The minimum Gasteiger partial charge on any atom is -0.454 e. The van der Waals surface area contributed by atoms with E-state index in [2.05, 4.69) is 20.8 Å². The van der Waals surface area contributed by atoms with Gasteiger partial charge in [-0.2, -0.15) is 0 Å². The lowest BCUT2D eigenvalue weighted by Gasteiger charge is -2.37. The SMILES string of the molecule is CC[Si](CC)(CC)C1=CC(=O)O[C@H](C(Cl)(Cl)Cl)C1. The lowest BCUT2D eigenvalue weighted by molar-refractivity contribution is -0.143. The first-order valence-electron chi connectivity index (χ1n) is 6.27. The predicted molar refractivity (Wildman–Crippen MR) is 80.1 cm³/mol. The van der Waals surface area contributed by atoms with Crippen molar-refractivity contribution < 1.29 is 9.53 Å². The maximum Gasteiger partial charge on any atom is 0.330 e. The largest absolute Gasteiger partial charge is 0.454 e. The highest BCUT2D eigenvalue weighted by atomic mass is 35.6. The summed E-state index contributed by atoms with van der Waals surface area (Å²) < 4.78 is 3.57. The molecule has 1 heterocycles. The van der Waals surface area contributed by atoms with Crippen molar-refractivity contribution in [3.05, 3.63) is 11.3 Å². The zero-order valence-corrected chi connectivity index (χ0v) is 14.2. The number of hydrogen-bond donors (Lipinski definition) is 0. The Kier molecular flexibility index (Phi) is 5.60. The van der Waals surface area contributed by atoms with Gasteiger partial charge in [-0.15, -0.1) is 0 Å². The van der Waals surface area contributed by atoms with Crippen LogP contribution in [0.5, 0.6) is 0 Å².